The lowest BCUT2D eigenvalue weighted by atomic mass is 9.89. The highest BCUT2D eigenvalue weighted by molar-refractivity contribution is 5.57. The molecular weight excluding hydrogens is 228 g/mol. The fourth-order valence-corrected chi connectivity index (χ4v) is 2.34. The zero-order chi connectivity index (χ0) is 13.0. The minimum atomic E-state index is 0.420. The Bertz CT molecular complexity index is 391. The Morgan fingerprint density at radius 3 is 2.61 bits per heavy atom. The average molecular weight is 250 g/mol. The second kappa shape index (κ2) is 6.00. The third-order valence-electron chi connectivity index (χ3n) is 3.37. The molecule has 0 atom stereocenters. The molecule has 1 aliphatic rings. The van der Waals surface area contributed by atoms with Crippen molar-refractivity contribution in [2.75, 3.05) is 24.3 Å². The van der Waals surface area contributed by atoms with Crippen molar-refractivity contribution in [3.63, 3.8) is 0 Å². The second-order valence-electron chi connectivity index (χ2n) is 4.54. The molecular formula is C13H22N4O. The van der Waals surface area contributed by atoms with Crippen molar-refractivity contribution in [1.82, 2.24) is 9.97 Å². The lowest BCUT2D eigenvalue weighted by Crippen LogP contribution is -2.41. The summed E-state index contributed by atoms with van der Waals surface area (Å²) in [7, 11) is 1.89. The van der Waals surface area contributed by atoms with E-state index in [1.807, 2.05) is 14.0 Å². The van der Waals surface area contributed by atoms with Gasteiger partial charge < -0.3 is 15.4 Å². The molecule has 0 unspecified atom stereocenters. The fraction of sp³-hybridized carbons (Fsp3) is 0.692. The fourth-order valence-electron chi connectivity index (χ4n) is 2.34. The van der Waals surface area contributed by atoms with Gasteiger partial charge in [-0.1, -0.05) is 6.92 Å². The molecule has 0 radical (unpaired) electrons. The predicted molar refractivity (Wildman–Crippen MR) is 73.0 cm³/mol. The second-order valence-corrected chi connectivity index (χ2v) is 4.54. The third-order valence-corrected chi connectivity index (χ3v) is 3.37. The molecule has 1 fully saturated rings. The van der Waals surface area contributed by atoms with Crippen LogP contribution in [0.5, 0.6) is 0 Å². The van der Waals surface area contributed by atoms with E-state index < -0.39 is 0 Å². The zero-order valence-electron chi connectivity index (χ0n) is 11.4. The van der Waals surface area contributed by atoms with Gasteiger partial charge in [-0.05, 0) is 26.2 Å². The molecule has 1 aromatic rings. The van der Waals surface area contributed by atoms with Crippen molar-refractivity contribution in [2.24, 2.45) is 0 Å². The topological polar surface area (TPSA) is 59.1 Å². The smallest absolute Gasteiger partial charge is 0.134 e. The number of ether oxygens (including phenoxy) is 1. The lowest BCUT2D eigenvalue weighted by molar-refractivity contribution is 0.00291. The van der Waals surface area contributed by atoms with E-state index in [9.17, 15) is 0 Å². The summed E-state index contributed by atoms with van der Waals surface area (Å²) in [5.41, 5.74) is 1.15. The van der Waals surface area contributed by atoms with Gasteiger partial charge in [0.25, 0.3) is 0 Å². The van der Waals surface area contributed by atoms with E-state index in [2.05, 4.69) is 27.5 Å². The first-order valence-corrected chi connectivity index (χ1v) is 6.68. The van der Waals surface area contributed by atoms with Gasteiger partial charge in [0, 0.05) is 25.3 Å². The molecule has 1 aromatic heterocycles. The molecule has 5 nitrogen and oxygen atoms in total. The third kappa shape index (κ3) is 2.72. The number of rotatable bonds is 6. The largest absolute Gasteiger partial charge is 0.378 e. The van der Waals surface area contributed by atoms with Gasteiger partial charge in [-0.3, -0.25) is 0 Å². The number of hydrogen-bond acceptors (Lipinski definition) is 5. The SMILES string of the molecule is CCOC1CC(Nc2ncnc(NC)c2CC)C1. The highest BCUT2D eigenvalue weighted by atomic mass is 16.5. The van der Waals surface area contributed by atoms with Gasteiger partial charge in [-0.15, -0.1) is 0 Å². The van der Waals surface area contributed by atoms with E-state index in [-0.39, 0.29) is 0 Å². The Hall–Kier alpha value is -1.36. The van der Waals surface area contributed by atoms with E-state index >= 15 is 0 Å². The van der Waals surface area contributed by atoms with Gasteiger partial charge in [0.1, 0.15) is 18.0 Å². The summed E-state index contributed by atoms with van der Waals surface area (Å²) in [6.07, 6.45) is 5.07. The summed E-state index contributed by atoms with van der Waals surface area (Å²) in [4.78, 5) is 8.59. The van der Waals surface area contributed by atoms with Crippen LogP contribution in [0.2, 0.25) is 0 Å². The Morgan fingerprint density at radius 2 is 2.00 bits per heavy atom. The first-order valence-electron chi connectivity index (χ1n) is 6.68. The molecule has 0 aliphatic heterocycles. The lowest BCUT2D eigenvalue weighted by Gasteiger charge is -2.36. The average Bonchev–Trinajstić information content (AvgIpc) is 2.35. The maximum absolute atomic E-state index is 5.56. The molecule has 1 heterocycles. The van der Waals surface area contributed by atoms with Crippen molar-refractivity contribution in [3.8, 4) is 0 Å². The summed E-state index contributed by atoms with van der Waals surface area (Å²) in [6.45, 7) is 4.96. The number of nitrogens with zero attached hydrogens (tertiary/aromatic N) is 2. The monoisotopic (exact) mass is 250 g/mol. The summed E-state index contributed by atoms with van der Waals surface area (Å²) in [5, 5.41) is 6.60. The van der Waals surface area contributed by atoms with Crippen LogP contribution >= 0.6 is 0 Å². The molecule has 18 heavy (non-hydrogen) atoms. The maximum Gasteiger partial charge on any atom is 0.134 e. The van der Waals surface area contributed by atoms with Crippen LogP contribution in [-0.2, 0) is 11.2 Å². The Kier molecular flexibility index (Phi) is 4.36. The van der Waals surface area contributed by atoms with Gasteiger partial charge in [0.05, 0.1) is 6.10 Å². The van der Waals surface area contributed by atoms with Crippen LogP contribution in [0.15, 0.2) is 6.33 Å². The molecule has 5 heteroatoms. The Balaban J connectivity index is 1.98. The summed E-state index contributed by atoms with van der Waals surface area (Å²) >= 11 is 0. The van der Waals surface area contributed by atoms with E-state index in [0.29, 0.717) is 12.1 Å². The van der Waals surface area contributed by atoms with E-state index in [1.165, 1.54) is 0 Å². The van der Waals surface area contributed by atoms with Crippen molar-refractivity contribution < 1.29 is 4.74 Å². The van der Waals surface area contributed by atoms with Gasteiger partial charge in [0.2, 0.25) is 0 Å². The van der Waals surface area contributed by atoms with Crippen LogP contribution in [0.3, 0.4) is 0 Å². The maximum atomic E-state index is 5.56. The zero-order valence-corrected chi connectivity index (χ0v) is 11.4. The quantitative estimate of drug-likeness (QED) is 0.809. The Morgan fingerprint density at radius 1 is 1.28 bits per heavy atom. The molecule has 0 aromatic carbocycles. The number of anilines is 2. The van der Waals surface area contributed by atoms with Gasteiger partial charge in [0.15, 0.2) is 0 Å². The normalized spacial score (nSPS) is 22.4. The highest BCUT2D eigenvalue weighted by Crippen LogP contribution is 2.28. The first kappa shape index (κ1) is 13.1. The van der Waals surface area contributed by atoms with E-state index in [1.54, 1.807) is 6.33 Å². The molecule has 0 amide bonds. The number of hydrogen-bond donors (Lipinski definition) is 2. The summed E-state index contributed by atoms with van der Waals surface area (Å²) in [6, 6.07) is 0.478. The van der Waals surface area contributed by atoms with E-state index in [4.69, 9.17) is 4.74 Å². The van der Waals surface area contributed by atoms with Crippen LogP contribution in [0.25, 0.3) is 0 Å². The minimum Gasteiger partial charge on any atom is -0.378 e. The number of aromatic nitrogens is 2. The molecule has 2 N–H and O–H groups in total. The van der Waals surface area contributed by atoms with E-state index in [0.717, 1.165) is 43.1 Å². The van der Waals surface area contributed by atoms with Gasteiger partial charge >= 0.3 is 0 Å². The van der Waals surface area contributed by atoms with Crippen LogP contribution in [-0.4, -0.2) is 35.8 Å². The molecule has 100 valence electrons. The molecule has 2 rings (SSSR count). The highest BCUT2D eigenvalue weighted by Gasteiger charge is 2.30. The molecule has 1 saturated carbocycles. The van der Waals surface area contributed by atoms with Crippen molar-refractivity contribution >= 4 is 11.6 Å². The van der Waals surface area contributed by atoms with Crippen LogP contribution in [0.1, 0.15) is 32.3 Å². The molecule has 1 aliphatic carbocycles. The Labute approximate surface area is 108 Å². The van der Waals surface area contributed by atoms with Gasteiger partial charge in [-0.25, -0.2) is 9.97 Å². The van der Waals surface area contributed by atoms with Crippen LogP contribution in [0, 0.1) is 0 Å². The molecule has 0 bridgehead atoms. The van der Waals surface area contributed by atoms with Crippen LogP contribution < -0.4 is 10.6 Å². The minimum absolute atomic E-state index is 0.420. The standard InChI is InChI=1S/C13H22N4O/c1-4-11-12(14-3)15-8-16-13(11)17-9-6-10(7-9)18-5-2/h8-10H,4-7H2,1-3H3,(H2,14,15,16,17). The predicted octanol–water partition coefficient (Wildman–Crippen LogP) is 2.06. The molecule has 0 saturated heterocycles. The van der Waals surface area contributed by atoms with Gasteiger partial charge in [-0.2, -0.15) is 0 Å². The number of nitrogens with one attached hydrogen (secondary N) is 2. The van der Waals surface area contributed by atoms with Crippen molar-refractivity contribution in [1.29, 1.82) is 0 Å². The summed E-state index contributed by atoms with van der Waals surface area (Å²) in [5.74, 6) is 1.87. The molecule has 0 spiro atoms. The van der Waals surface area contributed by atoms with Crippen molar-refractivity contribution in [2.45, 2.75) is 45.3 Å². The first-order chi connectivity index (χ1) is 8.78. The summed E-state index contributed by atoms with van der Waals surface area (Å²) < 4.78 is 5.56. The van der Waals surface area contributed by atoms with Crippen molar-refractivity contribution in [3.05, 3.63) is 11.9 Å². The van der Waals surface area contributed by atoms with Crippen LogP contribution in [0.4, 0.5) is 11.6 Å².